The van der Waals surface area contributed by atoms with E-state index in [-0.39, 0.29) is 0 Å². The SMILES string of the molecule is OC1(c2nc(-c3cncs3)no2)CCNCC1. The van der Waals surface area contributed by atoms with Crippen molar-refractivity contribution in [3.8, 4) is 10.7 Å². The van der Waals surface area contributed by atoms with Crippen LogP contribution in [0.4, 0.5) is 0 Å². The maximum Gasteiger partial charge on any atom is 0.259 e. The molecule has 0 atom stereocenters. The van der Waals surface area contributed by atoms with Crippen LogP contribution in [-0.4, -0.2) is 33.3 Å². The maximum absolute atomic E-state index is 10.4. The smallest absolute Gasteiger partial charge is 0.259 e. The molecular weight excluding hydrogens is 240 g/mol. The van der Waals surface area contributed by atoms with E-state index < -0.39 is 5.60 Å². The van der Waals surface area contributed by atoms with Crippen LogP contribution < -0.4 is 5.32 Å². The van der Waals surface area contributed by atoms with E-state index in [1.54, 1.807) is 11.7 Å². The summed E-state index contributed by atoms with van der Waals surface area (Å²) in [5.74, 6) is 0.803. The molecule has 0 aliphatic carbocycles. The van der Waals surface area contributed by atoms with Crippen LogP contribution in [0.25, 0.3) is 10.7 Å². The van der Waals surface area contributed by atoms with E-state index in [0.29, 0.717) is 24.6 Å². The number of nitrogens with zero attached hydrogens (tertiary/aromatic N) is 3. The summed E-state index contributed by atoms with van der Waals surface area (Å²) in [5.41, 5.74) is 0.728. The van der Waals surface area contributed by atoms with E-state index in [1.165, 1.54) is 11.3 Å². The van der Waals surface area contributed by atoms with E-state index in [1.807, 2.05) is 0 Å². The van der Waals surface area contributed by atoms with Gasteiger partial charge in [-0.05, 0) is 25.9 Å². The molecule has 1 aliphatic heterocycles. The molecule has 90 valence electrons. The van der Waals surface area contributed by atoms with Crippen molar-refractivity contribution >= 4 is 11.3 Å². The van der Waals surface area contributed by atoms with Gasteiger partial charge in [0.15, 0.2) is 0 Å². The predicted octanol–water partition coefficient (Wildman–Crippen LogP) is 0.764. The Kier molecular flexibility index (Phi) is 2.65. The highest BCUT2D eigenvalue weighted by atomic mass is 32.1. The Labute approximate surface area is 102 Å². The van der Waals surface area contributed by atoms with Gasteiger partial charge >= 0.3 is 0 Å². The minimum absolute atomic E-state index is 0.308. The summed E-state index contributed by atoms with van der Waals surface area (Å²) in [7, 11) is 0. The first kappa shape index (κ1) is 10.8. The van der Waals surface area contributed by atoms with E-state index in [9.17, 15) is 5.11 Å². The van der Waals surface area contributed by atoms with Crippen LogP contribution in [0.5, 0.6) is 0 Å². The molecule has 1 aliphatic rings. The van der Waals surface area contributed by atoms with Crippen molar-refractivity contribution in [1.29, 1.82) is 0 Å². The molecular formula is C10H12N4O2S. The van der Waals surface area contributed by atoms with Gasteiger partial charge in [0.25, 0.3) is 5.89 Å². The first-order valence-corrected chi connectivity index (χ1v) is 6.32. The first-order chi connectivity index (χ1) is 8.28. The standard InChI is InChI=1S/C10H12N4O2S/c15-10(1-3-11-4-2-10)9-13-8(14-16-9)7-5-12-6-17-7/h5-6,11,15H,1-4H2. The average Bonchev–Trinajstić information content (AvgIpc) is 3.01. The summed E-state index contributed by atoms with van der Waals surface area (Å²) >= 11 is 1.44. The molecule has 17 heavy (non-hydrogen) atoms. The van der Waals surface area contributed by atoms with Gasteiger partial charge in [0.05, 0.1) is 10.4 Å². The van der Waals surface area contributed by atoms with Crippen molar-refractivity contribution in [2.24, 2.45) is 0 Å². The molecule has 0 amide bonds. The van der Waals surface area contributed by atoms with Gasteiger partial charge in [0.1, 0.15) is 5.60 Å². The quantitative estimate of drug-likeness (QED) is 0.821. The van der Waals surface area contributed by atoms with Crippen LogP contribution in [0.15, 0.2) is 16.2 Å². The van der Waals surface area contributed by atoms with Crippen molar-refractivity contribution in [2.45, 2.75) is 18.4 Å². The van der Waals surface area contributed by atoms with Crippen molar-refractivity contribution in [2.75, 3.05) is 13.1 Å². The van der Waals surface area contributed by atoms with Gasteiger partial charge in [-0.3, -0.25) is 4.98 Å². The Morgan fingerprint density at radius 2 is 2.24 bits per heavy atom. The molecule has 3 rings (SSSR count). The second kappa shape index (κ2) is 4.17. The van der Waals surface area contributed by atoms with Crippen molar-refractivity contribution in [3.05, 3.63) is 17.6 Å². The third-order valence-corrected chi connectivity index (χ3v) is 3.68. The molecule has 2 aromatic rings. The predicted molar refractivity (Wildman–Crippen MR) is 61.4 cm³/mol. The summed E-state index contributed by atoms with van der Waals surface area (Å²) < 4.78 is 5.17. The Hall–Kier alpha value is -1.31. The molecule has 6 nitrogen and oxygen atoms in total. The lowest BCUT2D eigenvalue weighted by molar-refractivity contribution is -0.0228. The number of thiazole rings is 1. The zero-order chi connectivity index (χ0) is 11.7. The minimum Gasteiger partial charge on any atom is -0.380 e. The average molecular weight is 252 g/mol. The number of aromatic nitrogens is 3. The zero-order valence-electron chi connectivity index (χ0n) is 9.09. The number of hydrogen-bond donors (Lipinski definition) is 2. The monoisotopic (exact) mass is 252 g/mol. The Morgan fingerprint density at radius 3 is 2.94 bits per heavy atom. The Bertz CT molecular complexity index is 490. The highest BCUT2D eigenvalue weighted by molar-refractivity contribution is 7.13. The Balaban J connectivity index is 1.89. The summed E-state index contributed by atoms with van der Waals surface area (Å²) in [4.78, 5) is 9.07. The van der Waals surface area contributed by atoms with Gasteiger partial charge in [0, 0.05) is 6.20 Å². The van der Waals surface area contributed by atoms with Crippen LogP contribution in [-0.2, 0) is 5.60 Å². The first-order valence-electron chi connectivity index (χ1n) is 5.44. The van der Waals surface area contributed by atoms with Crippen molar-refractivity contribution in [1.82, 2.24) is 20.4 Å². The van der Waals surface area contributed by atoms with Gasteiger partial charge in [-0.25, -0.2) is 0 Å². The lowest BCUT2D eigenvalue weighted by Gasteiger charge is -2.28. The molecule has 2 N–H and O–H groups in total. The molecule has 1 fully saturated rings. The van der Waals surface area contributed by atoms with E-state index in [4.69, 9.17) is 4.52 Å². The van der Waals surface area contributed by atoms with E-state index in [0.717, 1.165) is 18.0 Å². The van der Waals surface area contributed by atoms with Crippen LogP contribution in [0.3, 0.4) is 0 Å². The van der Waals surface area contributed by atoms with Crippen LogP contribution >= 0.6 is 11.3 Å². The van der Waals surface area contributed by atoms with Gasteiger partial charge in [-0.15, -0.1) is 11.3 Å². The number of aliphatic hydroxyl groups is 1. The van der Waals surface area contributed by atoms with Gasteiger partial charge in [-0.2, -0.15) is 4.98 Å². The molecule has 0 unspecified atom stereocenters. The fourth-order valence-corrected chi connectivity index (χ4v) is 2.44. The number of rotatable bonds is 2. The summed E-state index contributed by atoms with van der Waals surface area (Å²) in [5, 5.41) is 17.5. The normalized spacial score (nSPS) is 19.4. The van der Waals surface area contributed by atoms with Crippen molar-refractivity contribution in [3.63, 3.8) is 0 Å². The summed E-state index contributed by atoms with van der Waals surface area (Å²) in [6.07, 6.45) is 2.88. The van der Waals surface area contributed by atoms with Gasteiger partial charge < -0.3 is 14.9 Å². The van der Waals surface area contributed by atoms with Gasteiger partial charge in [0.2, 0.25) is 5.82 Å². The molecule has 0 radical (unpaired) electrons. The third kappa shape index (κ3) is 1.97. The fraction of sp³-hybridized carbons (Fsp3) is 0.500. The number of piperidine rings is 1. The molecule has 0 bridgehead atoms. The number of hydrogen-bond acceptors (Lipinski definition) is 7. The van der Waals surface area contributed by atoms with Crippen LogP contribution in [0, 0.1) is 0 Å². The van der Waals surface area contributed by atoms with Crippen molar-refractivity contribution < 1.29 is 9.63 Å². The van der Waals surface area contributed by atoms with E-state index >= 15 is 0 Å². The topological polar surface area (TPSA) is 84.1 Å². The maximum atomic E-state index is 10.4. The molecule has 0 saturated carbocycles. The highest BCUT2D eigenvalue weighted by Gasteiger charge is 2.37. The molecule has 0 aromatic carbocycles. The van der Waals surface area contributed by atoms with E-state index in [2.05, 4.69) is 20.4 Å². The zero-order valence-corrected chi connectivity index (χ0v) is 9.90. The summed E-state index contributed by atoms with van der Waals surface area (Å²) in [6.45, 7) is 1.52. The lowest BCUT2D eigenvalue weighted by atomic mass is 9.92. The third-order valence-electron chi connectivity index (χ3n) is 2.91. The lowest BCUT2D eigenvalue weighted by Crippen LogP contribution is -2.39. The van der Waals surface area contributed by atoms with Crippen LogP contribution in [0.2, 0.25) is 0 Å². The van der Waals surface area contributed by atoms with Gasteiger partial charge in [-0.1, -0.05) is 5.16 Å². The molecule has 2 aromatic heterocycles. The minimum atomic E-state index is -0.985. The fourth-order valence-electron chi connectivity index (χ4n) is 1.89. The number of nitrogens with one attached hydrogen (secondary N) is 1. The highest BCUT2D eigenvalue weighted by Crippen LogP contribution is 2.31. The molecule has 3 heterocycles. The largest absolute Gasteiger partial charge is 0.380 e. The molecule has 7 heteroatoms. The second-order valence-corrected chi connectivity index (χ2v) is 4.96. The molecule has 0 spiro atoms. The molecule has 1 saturated heterocycles. The second-order valence-electron chi connectivity index (χ2n) is 4.07. The Morgan fingerprint density at radius 1 is 1.41 bits per heavy atom. The van der Waals surface area contributed by atoms with Crippen LogP contribution in [0.1, 0.15) is 18.7 Å². The summed E-state index contributed by atoms with van der Waals surface area (Å²) in [6, 6.07) is 0.